The van der Waals surface area contributed by atoms with Crippen molar-refractivity contribution >= 4 is 6.09 Å². The molecule has 0 aliphatic carbocycles. The van der Waals surface area contributed by atoms with Crippen LogP contribution < -0.4 is 5.73 Å². The van der Waals surface area contributed by atoms with Gasteiger partial charge < -0.3 is 15.4 Å². The third-order valence-corrected chi connectivity index (χ3v) is 3.82. The molecule has 1 aliphatic heterocycles. The summed E-state index contributed by atoms with van der Waals surface area (Å²) in [6, 6.07) is 0. The zero-order chi connectivity index (χ0) is 14.8. The highest BCUT2D eigenvalue weighted by Gasteiger charge is 2.38. The number of likely N-dealkylation sites (tertiary alicyclic amines) is 1. The number of nitrogens with zero attached hydrogens (tertiary/aromatic N) is 1. The maximum Gasteiger partial charge on any atom is 0.410 e. The molecule has 0 radical (unpaired) electrons. The Morgan fingerprint density at radius 3 is 2.26 bits per heavy atom. The van der Waals surface area contributed by atoms with Crippen molar-refractivity contribution in [2.24, 2.45) is 23.0 Å². The van der Waals surface area contributed by atoms with Gasteiger partial charge in [0.25, 0.3) is 0 Å². The molecular formula is C15H30N2O2. The van der Waals surface area contributed by atoms with E-state index in [4.69, 9.17) is 10.5 Å². The number of hydrogen-bond donors (Lipinski definition) is 1. The number of rotatable bonds is 1. The molecule has 112 valence electrons. The molecule has 1 amide bonds. The second-order valence-corrected chi connectivity index (χ2v) is 7.68. The van der Waals surface area contributed by atoms with Crippen molar-refractivity contribution in [3.63, 3.8) is 0 Å². The summed E-state index contributed by atoms with van der Waals surface area (Å²) in [5.74, 6) is 0.928. The summed E-state index contributed by atoms with van der Waals surface area (Å²) in [6.45, 7) is 14.6. The molecule has 2 unspecified atom stereocenters. The molecule has 1 saturated heterocycles. The largest absolute Gasteiger partial charge is 0.444 e. The van der Waals surface area contributed by atoms with Crippen LogP contribution in [0.25, 0.3) is 0 Å². The van der Waals surface area contributed by atoms with E-state index in [9.17, 15) is 4.79 Å². The van der Waals surface area contributed by atoms with Crippen LogP contribution in [0.4, 0.5) is 4.79 Å². The molecule has 0 bridgehead atoms. The fraction of sp³-hybridized carbons (Fsp3) is 0.933. The van der Waals surface area contributed by atoms with Crippen molar-refractivity contribution < 1.29 is 9.53 Å². The lowest BCUT2D eigenvalue weighted by Gasteiger charge is -2.44. The van der Waals surface area contributed by atoms with E-state index in [1.165, 1.54) is 0 Å². The molecule has 2 N–H and O–H groups in total. The van der Waals surface area contributed by atoms with Crippen molar-refractivity contribution in [3.8, 4) is 0 Å². The normalized spacial score (nSPS) is 25.3. The summed E-state index contributed by atoms with van der Waals surface area (Å²) < 4.78 is 5.46. The summed E-state index contributed by atoms with van der Waals surface area (Å²) in [5.41, 5.74) is 5.60. The minimum Gasteiger partial charge on any atom is -0.444 e. The van der Waals surface area contributed by atoms with Gasteiger partial charge in [-0.3, -0.25) is 0 Å². The van der Waals surface area contributed by atoms with Gasteiger partial charge in [0.1, 0.15) is 5.60 Å². The van der Waals surface area contributed by atoms with E-state index in [1.807, 2.05) is 25.7 Å². The fourth-order valence-electron chi connectivity index (χ4n) is 2.76. The quantitative estimate of drug-likeness (QED) is 0.797. The van der Waals surface area contributed by atoms with Crippen molar-refractivity contribution in [2.75, 3.05) is 19.6 Å². The van der Waals surface area contributed by atoms with Crippen LogP contribution in [0, 0.1) is 17.3 Å². The molecule has 1 rings (SSSR count). The molecule has 1 heterocycles. The Labute approximate surface area is 117 Å². The number of nitrogens with two attached hydrogens (primary N) is 1. The smallest absolute Gasteiger partial charge is 0.410 e. The first-order chi connectivity index (χ1) is 8.54. The Morgan fingerprint density at radius 1 is 1.26 bits per heavy atom. The lowest BCUT2D eigenvalue weighted by molar-refractivity contribution is -0.00299. The van der Waals surface area contributed by atoms with Crippen molar-refractivity contribution in [1.82, 2.24) is 4.90 Å². The number of piperidine rings is 1. The molecule has 0 aromatic heterocycles. The Morgan fingerprint density at radius 2 is 1.84 bits per heavy atom. The molecule has 1 fully saturated rings. The SMILES string of the molecule is CC(C)(C)OC(=O)N1CCC(CN)C(C(C)(C)C)C1. The monoisotopic (exact) mass is 270 g/mol. The first kappa shape index (κ1) is 16.3. The van der Waals surface area contributed by atoms with E-state index in [0.29, 0.717) is 18.4 Å². The van der Waals surface area contributed by atoms with Gasteiger partial charge in [0.15, 0.2) is 0 Å². The standard InChI is InChI=1S/C15H30N2O2/c1-14(2,3)12-10-17(8-7-11(12)9-16)13(18)19-15(4,5)6/h11-12H,7-10,16H2,1-6H3. The summed E-state index contributed by atoms with van der Waals surface area (Å²) in [5, 5.41) is 0. The molecule has 19 heavy (non-hydrogen) atoms. The average Bonchev–Trinajstić information content (AvgIpc) is 2.24. The van der Waals surface area contributed by atoms with Gasteiger partial charge in [-0.05, 0) is 51.0 Å². The molecule has 2 atom stereocenters. The van der Waals surface area contributed by atoms with Crippen LogP contribution in [0.15, 0.2) is 0 Å². The van der Waals surface area contributed by atoms with Crippen LogP contribution in [0.5, 0.6) is 0 Å². The highest BCUT2D eigenvalue weighted by Crippen LogP contribution is 2.37. The molecule has 0 spiro atoms. The van der Waals surface area contributed by atoms with E-state index in [0.717, 1.165) is 19.5 Å². The van der Waals surface area contributed by atoms with E-state index >= 15 is 0 Å². The maximum absolute atomic E-state index is 12.2. The van der Waals surface area contributed by atoms with Gasteiger partial charge >= 0.3 is 6.09 Å². The topological polar surface area (TPSA) is 55.6 Å². The zero-order valence-corrected chi connectivity index (χ0v) is 13.3. The Kier molecular flexibility index (Phi) is 4.88. The molecular weight excluding hydrogens is 240 g/mol. The van der Waals surface area contributed by atoms with Crippen LogP contribution in [0.2, 0.25) is 0 Å². The molecule has 4 nitrogen and oxygen atoms in total. The minimum atomic E-state index is -0.432. The van der Waals surface area contributed by atoms with E-state index < -0.39 is 5.60 Å². The van der Waals surface area contributed by atoms with Crippen LogP contribution in [-0.4, -0.2) is 36.2 Å². The van der Waals surface area contributed by atoms with Crippen LogP contribution in [-0.2, 0) is 4.74 Å². The van der Waals surface area contributed by atoms with Gasteiger partial charge in [0, 0.05) is 13.1 Å². The fourth-order valence-corrected chi connectivity index (χ4v) is 2.76. The molecule has 0 saturated carbocycles. The number of hydrogen-bond acceptors (Lipinski definition) is 3. The summed E-state index contributed by atoms with van der Waals surface area (Å²) in [7, 11) is 0. The molecule has 0 aromatic rings. The van der Waals surface area contributed by atoms with Gasteiger partial charge in [-0.25, -0.2) is 4.79 Å². The lowest BCUT2D eigenvalue weighted by Crippen LogP contribution is -2.50. The molecule has 1 aliphatic rings. The van der Waals surface area contributed by atoms with Gasteiger partial charge in [0.05, 0.1) is 0 Å². The molecule has 0 aromatic carbocycles. The lowest BCUT2D eigenvalue weighted by atomic mass is 9.70. The van der Waals surface area contributed by atoms with Crippen LogP contribution in [0.3, 0.4) is 0 Å². The van der Waals surface area contributed by atoms with Crippen LogP contribution >= 0.6 is 0 Å². The minimum absolute atomic E-state index is 0.157. The van der Waals surface area contributed by atoms with Gasteiger partial charge in [-0.2, -0.15) is 0 Å². The Bertz CT molecular complexity index is 315. The highest BCUT2D eigenvalue weighted by atomic mass is 16.6. The summed E-state index contributed by atoms with van der Waals surface area (Å²) >= 11 is 0. The third-order valence-electron chi connectivity index (χ3n) is 3.82. The number of amides is 1. The predicted molar refractivity (Wildman–Crippen MR) is 77.9 cm³/mol. The average molecular weight is 270 g/mol. The predicted octanol–water partition coefficient (Wildman–Crippen LogP) is 2.86. The van der Waals surface area contributed by atoms with Crippen LogP contribution in [0.1, 0.15) is 48.0 Å². The second kappa shape index (κ2) is 5.70. The zero-order valence-electron chi connectivity index (χ0n) is 13.3. The highest BCUT2D eigenvalue weighted by molar-refractivity contribution is 5.68. The van der Waals surface area contributed by atoms with E-state index in [1.54, 1.807) is 0 Å². The Balaban J connectivity index is 2.72. The van der Waals surface area contributed by atoms with Gasteiger partial charge in [-0.15, -0.1) is 0 Å². The molecule has 4 heteroatoms. The van der Waals surface area contributed by atoms with E-state index in [-0.39, 0.29) is 11.5 Å². The second-order valence-electron chi connectivity index (χ2n) is 7.68. The summed E-state index contributed by atoms with van der Waals surface area (Å²) in [4.78, 5) is 14.0. The van der Waals surface area contributed by atoms with Gasteiger partial charge in [-0.1, -0.05) is 20.8 Å². The third kappa shape index (κ3) is 4.68. The van der Waals surface area contributed by atoms with E-state index in [2.05, 4.69) is 20.8 Å². The first-order valence-corrected chi connectivity index (χ1v) is 7.22. The number of carbonyl (C=O) groups excluding carboxylic acids is 1. The number of carbonyl (C=O) groups is 1. The maximum atomic E-state index is 12.2. The summed E-state index contributed by atoms with van der Waals surface area (Å²) in [6.07, 6.45) is 0.773. The first-order valence-electron chi connectivity index (χ1n) is 7.22. The Hall–Kier alpha value is -0.770. The number of ether oxygens (including phenoxy) is 1. The van der Waals surface area contributed by atoms with Crippen molar-refractivity contribution in [3.05, 3.63) is 0 Å². The van der Waals surface area contributed by atoms with Crippen molar-refractivity contribution in [1.29, 1.82) is 0 Å². The van der Waals surface area contributed by atoms with Gasteiger partial charge in [0.2, 0.25) is 0 Å². The van der Waals surface area contributed by atoms with Crippen molar-refractivity contribution in [2.45, 2.75) is 53.6 Å².